The molecule has 1 atom stereocenters. The third-order valence-corrected chi connectivity index (χ3v) is 4.40. The fraction of sp³-hybridized carbons (Fsp3) is 0.524. The second kappa shape index (κ2) is 10.0. The van der Waals surface area contributed by atoms with Crippen molar-refractivity contribution in [2.24, 2.45) is 0 Å². The predicted molar refractivity (Wildman–Crippen MR) is 109 cm³/mol. The van der Waals surface area contributed by atoms with Crippen molar-refractivity contribution >= 4 is 24.2 Å². The maximum absolute atomic E-state index is 12.8. The molecule has 0 radical (unpaired) electrons. The Morgan fingerprint density at radius 1 is 1.31 bits per heavy atom. The van der Waals surface area contributed by atoms with Gasteiger partial charge in [0.15, 0.2) is 0 Å². The van der Waals surface area contributed by atoms with Gasteiger partial charge in [0.1, 0.15) is 17.9 Å². The van der Waals surface area contributed by atoms with E-state index in [1.165, 1.54) is 11.9 Å². The van der Waals surface area contributed by atoms with E-state index in [4.69, 9.17) is 4.74 Å². The van der Waals surface area contributed by atoms with E-state index in [9.17, 15) is 19.2 Å². The van der Waals surface area contributed by atoms with Gasteiger partial charge in [-0.1, -0.05) is 19.6 Å². The number of carbonyl (C=O) groups is 4. The lowest BCUT2D eigenvalue weighted by Gasteiger charge is -2.26. The molecule has 160 valence electrons. The number of rotatable bonds is 7. The summed E-state index contributed by atoms with van der Waals surface area (Å²) in [5, 5.41) is 5.25. The van der Waals surface area contributed by atoms with Crippen molar-refractivity contribution in [3.05, 3.63) is 34.9 Å². The molecule has 8 nitrogen and oxygen atoms in total. The smallest absolute Gasteiger partial charge is 0.407 e. The SMILES string of the molecule is C.CNC(=O)C(CCC=O)N1Cc2c(CNC(=O)OC(C)(C)C)cccc2C1=O. The first-order valence-electron chi connectivity index (χ1n) is 9.21. The van der Waals surface area contributed by atoms with Gasteiger partial charge in [-0.2, -0.15) is 0 Å². The zero-order valence-corrected chi connectivity index (χ0v) is 16.7. The molecule has 1 aliphatic heterocycles. The van der Waals surface area contributed by atoms with Crippen LogP contribution in [-0.4, -0.2) is 47.8 Å². The van der Waals surface area contributed by atoms with Crippen molar-refractivity contribution < 1.29 is 23.9 Å². The summed E-state index contributed by atoms with van der Waals surface area (Å²) in [7, 11) is 1.50. The number of benzene rings is 1. The summed E-state index contributed by atoms with van der Waals surface area (Å²) in [6.07, 6.45) is 0.639. The average molecular weight is 405 g/mol. The molecule has 29 heavy (non-hydrogen) atoms. The lowest BCUT2D eigenvalue weighted by atomic mass is 10.0. The molecular formula is C21H31N3O5. The van der Waals surface area contributed by atoms with Crippen LogP contribution in [-0.2, 0) is 27.4 Å². The monoisotopic (exact) mass is 405 g/mol. The largest absolute Gasteiger partial charge is 0.444 e. The van der Waals surface area contributed by atoms with Crippen LogP contribution in [0.3, 0.4) is 0 Å². The summed E-state index contributed by atoms with van der Waals surface area (Å²) >= 11 is 0. The van der Waals surface area contributed by atoms with Gasteiger partial charge in [-0.05, 0) is 44.4 Å². The van der Waals surface area contributed by atoms with Crippen LogP contribution in [0, 0.1) is 0 Å². The Morgan fingerprint density at radius 2 is 2.00 bits per heavy atom. The van der Waals surface area contributed by atoms with Gasteiger partial charge in [-0.15, -0.1) is 0 Å². The van der Waals surface area contributed by atoms with E-state index in [-0.39, 0.29) is 45.2 Å². The number of nitrogens with one attached hydrogen (secondary N) is 2. The number of amides is 3. The summed E-state index contributed by atoms with van der Waals surface area (Å²) < 4.78 is 5.24. The van der Waals surface area contributed by atoms with Crippen LogP contribution in [0.4, 0.5) is 4.79 Å². The number of nitrogens with zero attached hydrogens (tertiary/aromatic N) is 1. The number of aldehydes is 1. The lowest BCUT2D eigenvalue weighted by molar-refractivity contribution is -0.125. The number of ether oxygens (including phenoxy) is 1. The Kier molecular flexibility index (Phi) is 8.36. The second-order valence-corrected chi connectivity index (χ2v) is 7.61. The van der Waals surface area contributed by atoms with Gasteiger partial charge in [0.2, 0.25) is 5.91 Å². The van der Waals surface area contributed by atoms with Gasteiger partial charge < -0.3 is 25.1 Å². The van der Waals surface area contributed by atoms with Crippen LogP contribution >= 0.6 is 0 Å². The van der Waals surface area contributed by atoms with E-state index >= 15 is 0 Å². The molecule has 0 saturated carbocycles. The summed E-state index contributed by atoms with van der Waals surface area (Å²) in [6, 6.07) is 4.55. The highest BCUT2D eigenvalue weighted by atomic mass is 16.6. The highest BCUT2D eigenvalue weighted by molar-refractivity contribution is 6.01. The first-order valence-corrected chi connectivity index (χ1v) is 9.21. The van der Waals surface area contributed by atoms with Gasteiger partial charge in [-0.25, -0.2) is 4.79 Å². The summed E-state index contributed by atoms with van der Waals surface area (Å²) in [5.41, 5.74) is 1.45. The number of alkyl carbamates (subject to hydrolysis) is 1. The van der Waals surface area contributed by atoms with Crippen LogP contribution in [0.5, 0.6) is 0 Å². The third-order valence-electron chi connectivity index (χ3n) is 4.40. The topological polar surface area (TPSA) is 105 Å². The second-order valence-electron chi connectivity index (χ2n) is 7.61. The first-order chi connectivity index (χ1) is 13.2. The lowest BCUT2D eigenvalue weighted by Crippen LogP contribution is -2.46. The quantitative estimate of drug-likeness (QED) is 0.678. The zero-order chi connectivity index (χ0) is 20.9. The normalized spacial score (nSPS) is 13.8. The Labute approximate surface area is 172 Å². The fourth-order valence-corrected chi connectivity index (χ4v) is 3.14. The number of carbonyl (C=O) groups excluding carboxylic acids is 4. The predicted octanol–water partition coefficient (Wildman–Crippen LogP) is 2.40. The van der Waals surface area contributed by atoms with Crippen LogP contribution in [0.1, 0.15) is 62.5 Å². The van der Waals surface area contributed by atoms with E-state index in [1.54, 1.807) is 32.9 Å². The Balaban J connectivity index is 0.00000420. The molecule has 0 aliphatic carbocycles. The number of likely N-dealkylation sites (N-methyl/N-ethyl adjacent to an activating group) is 1. The van der Waals surface area contributed by atoms with E-state index < -0.39 is 17.7 Å². The number of hydrogen-bond donors (Lipinski definition) is 2. The molecule has 1 aliphatic rings. The minimum Gasteiger partial charge on any atom is -0.444 e. The minimum atomic E-state index is -0.721. The Hall–Kier alpha value is -2.90. The van der Waals surface area contributed by atoms with Gasteiger partial charge in [0.25, 0.3) is 5.91 Å². The highest BCUT2D eigenvalue weighted by Gasteiger charge is 2.36. The molecule has 0 bridgehead atoms. The molecule has 2 rings (SSSR count). The summed E-state index contributed by atoms with van der Waals surface area (Å²) in [4.78, 5) is 49.2. The van der Waals surface area contributed by atoms with E-state index in [1.807, 2.05) is 6.07 Å². The van der Waals surface area contributed by atoms with Crippen molar-refractivity contribution in [2.45, 2.75) is 65.8 Å². The molecule has 1 unspecified atom stereocenters. The third kappa shape index (κ3) is 6.04. The molecule has 3 amide bonds. The standard InChI is InChI=1S/C20H27N3O5.CH4/c1-20(2,3)28-19(27)22-11-13-7-5-8-14-15(13)12-23(18(14)26)16(9-6-10-24)17(25)21-4;/h5,7-8,10,16H,6,9,11-12H2,1-4H3,(H,21,25)(H,22,27);1H4. The van der Waals surface area contributed by atoms with Crippen LogP contribution in [0.15, 0.2) is 18.2 Å². The Bertz CT molecular complexity index is 770. The summed E-state index contributed by atoms with van der Waals surface area (Å²) in [5.74, 6) is -0.565. The number of hydrogen-bond acceptors (Lipinski definition) is 5. The van der Waals surface area contributed by atoms with Crippen molar-refractivity contribution in [3.8, 4) is 0 Å². The van der Waals surface area contributed by atoms with Gasteiger partial charge in [-0.3, -0.25) is 9.59 Å². The van der Waals surface area contributed by atoms with E-state index in [0.29, 0.717) is 5.56 Å². The van der Waals surface area contributed by atoms with Gasteiger partial charge in [0, 0.05) is 32.1 Å². The summed E-state index contributed by atoms with van der Waals surface area (Å²) in [6.45, 7) is 5.79. The van der Waals surface area contributed by atoms with Crippen molar-refractivity contribution in [3.63, 3.8) is 0 Å². The van der Waals surface area contributed by atoms with Crippen LogP contribution in [0.25, 0.3) is 0 Å². The van der Waals surface area contributed by atoms with Crippen molar-refractivity contribution in [2.75, 3.05) is 7.05 Å². The molecule has 1 heterocycles. The fourth-order valence-electron chi connectivity index (χ4n) is 3.14. The molecule has 1 aromatic rings. The molecule has 0 aromatic heterocycles. The van der Waals surface area contributed by atoms with Crippen molar-refractivity contribution in [1.82, 2.24) is 15.5 Å². The zero-order valence-electron chi connectivity index (χ0n) is 16.7. The minimum absolute atomic E-state index is 0. The maximum atomic E-state index is 12.8. The van der Waals surface area contributed by atoms with Crippen LogP contribution < -0.4 is 10.6 Å². The highest BCUT2D eigenvalue weighted by Crippen LogP contribution is 2.29. The van der Waals surface area contributed by atoms with E-state index in [2.05, 4.69) is 10.6 Å². The van der Waals surface area contributed by atoms with Crippen molar-refractivity contribution in [1.29, 1.82) is 0 Å². The molecule has 0 saturated heterocycles. The molecular weight excluding hydrogens is 374 g/mol. The van der Waals surface area contributed by atoms with E-state index in [0.717, 1.165) is 17.4 Å². The molecule has 2 N–H and O–H groups in total. The maximum Gasteiger partial charge on any atom is 0.407 e. The molecule has 0 spiro atoms. The van der Waals surface area contributed by atoms with Gasteiger partial charge >= 0.3 is 6.09 Å². The van der Waals surface area contributed by atoms with Crippen LogP contribution in [0.2, 0.25) is 0 Å². The number of fused-ring (bicyclic) bond motifs is 1. The molecule has 0 fully saturated rings. The first kappa shape index (κ1) is 24.1. The molecule has 1 aromatic carbocycles. The van der Waals surface area contributed by atoms with Gasteiger partial charge in [0.05, 0.1) is 0 Å². The average Bonchev–Trinajstić information content (AvgIpc) is 2.96. The Morgan fingerprint density at radius 3 is 2.59 bits per heavy atom. The molecule has 8 heteroatoms.